The Bertz CT molecular complexity index is 731. The number of nitrogens with zero attached hydrogens (tertiary/aromatic N) is 3. The maximum atomic E-state index is 12.6. The van der Waals surface area contributed by atoms with Gasteiger partial charge in [-0.25, -0.2) is 0 Å². The third-order valence-electron chi connectivity index (χ3n) is 5.16. The Morgan fingerprint density at radius 2 is 2.00 bits per heavy atom. The number of hydrogen-bond acceptors (Lipinski definition) is 4. The number of benzene rings is 1. The van der Waals surface area contributed by atoms with E-state index in [1.807, 2.05) is 37.3 Å². The Hall–Kier alpha value is -1.82. The van der Waals surface area contributed by atoms with Crippen molar-refractivity contribution in [2.45, 2.75) is 69.4 Å². The van der Waals surface area contributed by atoms with E-state index in [4.69, 9.17) is 0 Å². The zero-order valence-electron chi connectivity index (χ0n) is 15.8. The minimum absolute atomic E-state index is 0.0978. The molecule has 0 unspecified atom stereocenters. The van der Waals surface area contributed by atoms with Gasteiger partial charge in [0, 0.05) is 18.2 Å². The highest BCUT2D eigenvalue weighted by molar-refractivity contribution is 8.00. The standard InChI is InChI=1S/C20H28N4OS/c1-4-24-18(16-11-6-5-7-12-16)22-23-20(24)26-15(3)19(25)21-17-13-9-8-10-14(17)2/h5-7,11-12,14-15,17H,4,8-10,13H2,1-3H3,(H,21,25)/t14-,15+,17+/m0/s1. The fourth-order valence-electron chi connectivity index (χ4n) is 3.50. The molecule has 1 aromatic heterocycles. The minimum atomic E-state index is -0.192. The van der Waals surface area contributed by atoms with Gasteiger partial charge >= 0.3 is 0 Å². The van der Waals surface area contributed by atoms with Crippen LogP contribution in [0.2, 0.25) is 0 Å². The molecule has 1 aliphatic rings. The third-order valence-corrected chi connectivity index (χ3v) is 6.24. The average molecular weight is 373 g/mol. The van der Waals surface area contributed by atoms with E-state index in [1.165, 1.54) is 31.0 Å². The summed E-state index contributed by atoms with van der Waals surface area (Å²) in [7, 11) is 0. The monoisotopic (exact) mass is 372 g/mol. The Morgan fingerprint density at radius 3 is 2.69 bits per heavy atom. The maximum absolute atomic E-state index is 12.6. The second-order valence-electron chi connectivity index (χ2n) is 7.05. The van der Waals surface area contributed by atoms with E-state index in [0.717, 1.165) is 29.5 Å². The van der Waals surface area contributed by atoms with Crippen molar-refractivity contribution in [3.63, 3.8) is 0 Å². The molecule has 3 rings (SSSR count). The Kier molecular flexibility index (Phi) is 6.35. The molecule has 1 N–H and O–H groups in total. The Morgan fingerprint density at radius 1 is 1.27 bits per heavy atom. The summed E-state index contributed by atoms with van der Waals surface area (Å²) in [5, 5.41) is 12.6. The number of rotatable bonds is 6. The number of amides is 1. The molecular formula is C20H28N4OS. The van der Waals surface area contributed by atoms with E-state index >= 15 is 0 Å². The lowest BCUT2D eigenvalue weighted by molar-refractivity contribution is -0.121. The van der Waals surface area contributed by atoms with Crippen LogP contribution in [0.5, 0.6) is 0 Å². The number of nitrogens with one attached hydrogen (secondary N) is 1. The molecule has 1 aromatic carbocycles. The number of aromatic nitrogens is 3. The molecule has 5 nitrogen and oxygen atoms in total. The van der Waals surface area contributed by atoms with Crippen molar-refractivity contribution >= 4 is 17.7 Å². The summed E-state index contributed by atoms with van der Waals surface area (Å²) in [6.45, 7) is 7.04. The zero-order chi connectivity index (χ0) is 18.5. The van der Waals surface area contributed by atoms with Gasteiger partial charge in [-0.1, -0.05) is 61.9 Å². The highest BCUT2D eigenvalue weighted by Crippen LogP contribution is 2.28. The second kappa shape index (κ2) is 8.71. The van der Waals surface area contributed by atoms with Crippen LogP contribution in [-0.4, -0.2) is 32.0 Å². The van der Waals surface area contributed by atoms with Crippen LogP contribution in [0, 0.1) is 5.92 Å². The van der Waals surface area contributed by atoms with Gasteiger partial charge in [0.1, 0.15) is 0 Å². The van der Waals surface area contributed by atoms with Gasteiger partial charge in [0.05, 0.1) is 5.25 Å². The summed E-state index contributed by atoms with van der Waals surface area (Å²) in [4.78, 5) is 12.6. The molecule has 1 amide bonds. The Balaban J connectivity index is 1.68. The summed E-state index contributed by atoms with van der Waals surface area (Å²) in [5.74, 6) is 1.51. The predicted molar refractivity (Wildman–Crippen MR) is 106 cm³/mol. The molecule has 1 heterocycles. The zero-order valence-corrected chi connectivity index (χ0v) is 16.6. The van der Waals surface area contributed by atoms with Gasteiger partial charge in [-0.05, 0) is 32.6 Å². The lowest BCUT2D eigenvalue weighted by atomic mass is 9.86. The van der Waals surface area contributed by atoms with Crippen LogP contribution in [0.3, 0.4) is 0 Å². The van der Waals surface area contributed by atoms with Crippen LogP contribution in [0.15, 0.2) is 35.5 Å². The first kappa shape index (κ1) is 19.0. The van der Waals surface area contributed by atoms with Crippen molar-refractivity contribution in [1.29, 1.82) is 0 Å². The molecule has 0 saturated heterocycles. The van der Waals surface area contributed by atoms with Crippen molar-refractivity contribution in [2.24, 2.45) is 5.92 Å². The van der Waals surface area contributed by atoms with Crippen molar-refractivity contribution in [3.05, 3.63) is 30.3 Å². The maximum Gasteiger partial charge on any atom is 0.233 e. The smallest absolute Gasteiger partial charge is 0.233 e. The first-order valence-corrected chi connectivity index (χ1v) is 10.4. The quantitative estimate of drug-likeness (QED) is 0.774. The van der Waals surface area contributed by atoms with E-state index < -0.39 is 0 Å². The molecule has 0 spiro atoms. The van der Waals surface area contributed by atoms with Crippen LogP contribution in [0.4, 0.5) is 0 Å². The van der Waals surface area contributed by atoms with E-state index in [9.17, 15) is 4.79 Å². The fraction of sp³-hybridized carbons (Fsp3) is 0.550. The van der Waals surface area contributed by atoms with Gasteiger partial charge in [-0.15, -0.1) is 10.2 Å². The summed E-state index contributed by atoms with van der Waals surface area (Å²) in [6, 6.07) is 10.4. The molecule has 0 aliphatic heterocycles. The first-order chi connectivity index (χ1) is 12.6. The van der Waals surface area contributed by atoms with Crippen LogP contribution >= 0.6 is 11.8 Å². The fourth-order valence-corrected chi connectivity index (χ4v) is 4.43. The lowest BCUT2D eigenvalue weighted by Crippen LogP contribution is -2.44. The number of carbonyl (C=O) groups excluding carboxylic acids is 1. The van der Waals surface area contributed by atoms with Gasteiger partial charge in [0.2, 0.25) is 5.91 Å². The van der Waals surface area contributed by atoms with E-state index in [2.05, 4.69) is 33.9 Å². The van der Waals surface area contributed by atoms with Crippen LogP contribution < -0.4 is 5.32 Å². The summed E-state index contributed by atoms with van der Waals surface area (Å²) in [6.07, 6.45) is 4.78. The SMILES string of the molecule is CCn1c(S[C@H](C)C(=O)N[C@@H]2CCCC[C@@H]2C)nnc1-c1ccccc1. The minimum Gasteiger partial charge on any atom is -0.352 e. The molecule has 0 radical (unpaired) electrons. The Labute approximate surface area is 160 Å². The van der Waals surface area contributed by atoms with E-state index in [-0.39, 0.29) is 11.2 Å². The number of thioether (sulfide) groups is 1. The van der Waals surface area contributed by atoms with E-state index in [1.54, 1.807) is 0 Å². The third kappa shape index (κ3) is 4.29. The van der Waals surface area contributed by atoms with Crippen molar-refractivity contribution < 1.29 is 4.79 Å². The van der Waals surface area contributed by atoms with Gasteiger partial charge in [0.15, 0.2) is 11.0 Å². The van der Waals surface area contributed by atoms with Crippen molar-refractivity contribution in [2.75, 3.05) is 0 Å². The molecule has 3 atom stereocenters. The topological polar surface area (TPSA) is 59.8 Å². The predicted octanol–water partition coefficient (Wildman–Crippen LogP) is 4.14. The molecule has 1 fully saturated rings. The van der Waals surface area contributed by atoms with Crippen LogP contribution in [0.1, 0.15) is 46.5 Å². The van der Waals surface area contributed by atoms with Crippen molar-refractivity contribution in [1.82, 2.24) is 20.1 Å². The highest BCUT2D eigenvalue weighted by Gasteiger charge is 2.26. The molecule has 6 heteroatoms. The summed E-state index contributed by atoms with van der Waals surface area (Å²) in [5.41, 5.74) is 1.04. The molecular weight excluding hydrogens is 344 g/mol. The van der Waals surface area contributed by atoms with Crippen molar-refractivity contribution in [3.8, 4) is 11.4 Å². The van der Waals surface area contributed by atoms with Gasteiger partial charge in [-0.3, -0.25) is 4.79 Å². The van der Waals surface area contributed by atoms with Gasteiger partial charge < -0.3 is 9.88 Å². The largest absolute Gasteiger partial charge is 0.352 e. The molecule has 2 aromatic rings. The average Bonchev–Trinajstić information content (AvgIpc) is 3.06. The van der Waals surface area contributed by atoms with Crippen LogP contribution in [-0.2, 0) is 11.3 Å². The van der Waals surface area contributed by atoms with Gasteiger partial charge in [0.25, 0.3) is 0 Å². The molecule has 0 bridgehead atoms. The molecule has 140 valence electrons. The molecule has 1 aliphatic carbocycles. The number of carbonyl (C=O) groups is 1. The van der Waals surface area contributed by atoms with E-state index in [0.29, 0.717) is 12.0 Å². The van der Waals surface area contributed by atoms with Gasteiger partial charge in [-0.2, -0.15) is 0 Å². The summed E-state index contributed by atoms with van der Waals surface area (Å²) < 4.78 is 2.08. The first-order valence-electron chi connectivity index (χ1n) is 9.55. The summed E-state index contributed by atoms with van der Waals surface area (Å²) >= 11 is 1.49. The van der Waals surface area contributed by atoms with Crippen LogP contribution in [0.25, 0.3) is 11.4 Å². The molecule has 1 saturated carbocycles. The normalized spacial score (nSPS) is 21.3. The molecule has 26 heavy (non-hydrogen) atoms. The lowest BCUT2D eigenvalue weighted by Gasteiger charge is -2.30. The highest BCUT2D eigenvalue weighted by atomic mass is 32.2. The number of hydrogen-bond donors (Lipinski definition) is 1. The second-order valence-corrected chi connectivity index (χ2v) is 8.36.